The second-order valence-corrected chi connectivity index (χ2v) is 4.68. The summed E-state index contributed by atoms with van der Waals surface area (Å²) in [7, 11) is 0. The lowest BCUT2D eigenvalue weighted by molar-refractivity contribution is -0.147. The van der Waals surface area contributed by atoms with Gasteiger partial charge in [-0.25, -0.2) is 0 Å². The molecule has 92 valence electrons. The first-order valence-electron chi connectivity index (χ1n) is 5.63. The smallest absolute Gasteiger partial charge is 0.321 e. The number of likely N-dealkylation sites (tertiary alicyclic amines) is 1. The Labute approximate surface area is 95.1 Å². The number of carboxylic acids is 2. The van der Waals surface area contributed by atoms with Crippen LogP contribution < -0.4 is 0 Å². The van der Waals surface area contributed by atoms with Crippen molar-refractivity contribution in [2.75, 3.05) is 13.1 Å². The Morgan fingerprint density at radius 3 is 2.00 bits per heavy atom. The van der Waals surface area contributed by atoms with Gasteiger partial charge in [0, 0.05) is 0 Å². The predicted octanol–water partition coefficient (Wildman–Crippen LogP) is 0.892. The summed E-state index contributed by atoms with van der Waals surface area (Å²) in [5, 5.41) is 18.0. The lowest BCUT2D eigenvalue weighted by Crippen LogP contribution is -2.49. The van der Waals surface area contributed by atoms with Crippen molar-refractivity contribution in [1.29, 1.82) is 0 Å². The summed E-state index contributed by atoms with van der Waals surface area (Å²) in [5.74, 6) is -1.85. The highest BCUT2D eigenvalue weighted by Gasteiger charge is 2.33. The highest BCUT2D eigenvalue weighted by Crippen LogP contribution is 2.22. The van der Waals surface area contributed by atoms with Crippen LogP contribution in [-0.4, -0.2) is 46.2 Å². The summed E-state index contributed by atoms with van der Waals surface area (Å²) in [6.07, 6.45) is 1.09. The van der Waals surface area contributed by atoms with Crippen LogP contribution in [0.4, 0.5) is 0 Å². The molecular formula is C11H19NO4. The van der Waals surface area contributed by atoms with Gasteiger partial charge < -0.3 is 10.2 Å². The second kappa shape index (κ2) is 5.30. The predicted molar refractivity (Wildman–Crippen MR) is 58.2 cm³/mol. The van der Waals surface area contributed by atoms with E-state index in [0.717, 1.165) is 0 Å². The minimum atomic E-state index is -0.816. The molecule has 0 bridgehead atoms. The normalized spacial score (nSPS) is 20.9. The molecule has 16 heavy (non-hydrogen) atoms. The summed E-state index contributed by atoms with van der Waals surface area (Å²) in [6, 6.07) is -0.491. The Morgan fingerprint density at radius 1 is 1.19 bits per heavy atom. The molecule has 5 nitrogen and oxygen atoms in total. The number of carbonyl (C=O) groups is 2. The Balaban J connectivity index is 2.57. The van der Waals surface area contributed by atoms with E-state index < -0.39 is 18.0 Å². The third kappa shape index (κ3) is 2.95. The van der Waals surface area contributed by atoms with Crippen LogP contribution in [0.15, 0.2) is 0 Å². The zero-order chi connectivity index (χ0) is 12.3. The van der Waals surface area contributed by atoms with E-state index in [0.29, 0.717) is 25.9 Å². The van der Waals surface area contributed by atoms with Crippen molar-refractivity contribution in [2.45, 2.75) is 32.7 Å². The Morgan fingerprint density at radius 2 is 1.69 bits per heavy atom. The Kier molecular flexibility index (Phi) is 4.29. The molecule has 0 aromatic carbocycles. The summed E-state index contributed by atoms with van der Waals surface area (Å²) in [6.45, 7) is 4.88. The SMILES string of the molecule is CC(C)C(C(=O)O)N1CCC(C(=O)O)CC1. The van der Waals surface area contributed by atoms with Crippen molar-refractivity contribution < 1.29 is 19.8 Å². The molecular weight excluding hydrogens is 210 g/mol. The number of nitrogens with zero attached hydrogens (tertiary/aromatic N) is 1. The van der Waals surface area contributed by atoms with Crippen LogP contribution >= 0.6 is 0 Å². The van der Waals surface area contributed by atoms with Gasteiger partial charge in [0.2, 0.25) is 0 Å². The van der Waals surface area contributed by atoms with Gasteiger partial charge in [-0.05, 0) is 31.8 Å². The van der Waals surface area contributed by atoms with E-state index >= 15 is 0 Å². The molecule has 5 heteroatoms. The first kappa shape index (κ1) is 13.0. The maximum Gasteiger partial charge on any atom is 0.321 e. The summed E-state index contributed by atoms with van der Waals surface area (Å²) >= 11 is 0. The van der Waals surface area contributed by atoms with Crippen LogP contribution in [0.25, 0.3) is 0 Å². The quantitative estimate of drug-likeness (QED) is 0.748. The summed E-state index contributed by atoms with van der Waals surface area (Å²) in [4.78, 5) is 23.7. The third-order valence-corrected chi connectivity index (χ3v) is 3.16. The molecule has 0 aromatic rings. The van der Waals surface area contributed by atoms with Crippen LogP contribution in [0.1, 0.15) is 26.7 Å². The van der Waals surface area contributed by atoms with E-state index in [1.54, 1.807) is 0 Å². The maximum absolute atomic E-state index is 11.1. The van der Waals surface area contributed by atoms with Crippen LogP contribution in [-0.2, 0) is 9.59 Å². The van der Waals surface area contributed by atoms with Crippen LogP contribution in [0.5, 0.6) is 0 Å². The average Bonchev–Trinajstić information content (AvgIpc) is 2.17. The topological polar surface area (TPSA) is 77.8 Å². The zero-order valence-electron chi connectivity index (χ0n) is 9.72. The molecule has 0 spiro atoms. The Bertz CT molecular complexity index is 269. The number of carboxylic acid groups (broad SMARTS) is 2. The van der Waals surface area contributed by atoms with Crippen molar-refractivity contribution in [2.24, 2.45) is 11.8 Å². The van der Waals surface area contributed by atoms with Gasteiger partial charge in [0.1, 0.15) is 6.04 Å². The standard InChI is InChI=1S/C11H19NO4/c1-7(2)9(11(15)16)12-5-3-8(4-6-12)10(13)14/h7-9H,3-6H2,1-2H3,(H,13,14)(H,15,16). The molecule has 1 aliphatic heterocycles. The van der Waals surface area contributed by atoms with Crippen LogP contribution in [0.3, 0.4) is 0 Å². The van der Waals surface area contributed by atoms with Gasteiger partial charge in [0.25, 0.3) is 0 Å². The molecule has 1 heterocycles. The molecule has 0 amide bonds. The lowest BCUT2D eigenvalue weighted by Gasteiger charge is -2.36. The first-order valence-corrected chi connectivity index (χ1v) is 5.63. The molecule has 0 radical (unpaired) electrons. The van der Waals surface area contributed by atoms with Crippen molar-refractivity contribution in [1.82, 2.24) is 4.90 Å². The van der Waals surface area contributed by atoms with Crippen molar-refractivity contribution in [3.05, 3.63) is 0 Å². The van der Waals surface area contributed by atoms with Gasteiger partial charge in [0.15, 0.2) is 0 Å². The average molecular weight is 229 g/mol. The molecule has 0 saturated carbocycles. The fourth-order valence-electron chi connectivity index (χ4n) is 2.29. The van der Waals surface area contributed by atoms with E-state index in [2.05, 4.69) is 0 Å². The van der Waals surface area contributed by atoms with E-state index in [4.69, 9.17) is 10.2 Å². The highest BCUT2D eigenvalue weighted by molar-refractivity contribution is 5.74. The van der Waals surface area contributed by atoms with E-state index in [1.165, 1.54) is 0 Å². The fraction of sp³-hybridized carbons (Fsp3) is 0.818. The molecule has 1 fully saturated rings. The monoisotopic (exact) mass is 229 g/mol. The van der Waals surface area contributed by atoms with Crippen LogP contribution in [0.2, 0.25) is 0 Å². The van der Waals surface area contributed by atoms with Gasteiger partial charge in [-0.1, -0.05) is 13.8 Å². The summed E-state index contributed by atoms with van der Waals surface area (Å²) < 4.78 is 0. The van der Waals surface area contributed by atoms with Gasteiger partial charge in [-0.2, -0.15) is 0 Å². The Hall–Kier alpha value is -1.10. The van der Waals surface area contributed by atoms with E-state index in [9.17, 15) is 9.59 Å². The van der Waals surface area contributed by atoms with Gasteiger partial charge in [0.05, 0.1) is 5.92 Å². The fourth-order valence-corrected chi connectivity index (χ4v) is 2.29. The van der Waals surface area contributed by atoms with Crippen molar-refractivity contribution >= 4 is 11.9 Å². The summed E-state index contributed by atoms with van der Waals surface area (Å²) in [5.41, 5.74) is 0. The zero-order valence-corrected chi connectivity index (χ0v) is 9.72. The van der Waals surface area contributed by atoms with Gasteiger partial charge in [-0.3, -0.25) is 14.5 Å². The molecule has 1 aliphatic rings. The van der Waals surface area contributed by atoms with Gasteiger partial charge in [-0.15, -0.1) is 0 Å². The number of aliphatic carboxylic acids is 2. The molecule has 1 unspecified atom stereocenters. The number of hydrogen-bond acceptors (Lipinski definition) is 3. The number of hydrogen-bond donors (Lipinski definition) is 2. The second-order valence-electron chi connectivity index (χ2n) is 4.68. The minimum Gasteiger partial charge on any atom is -0.481 e. The number of rotatable bonds is 4. The van der Waals surface area contributed by atoms with Crippen molar-refractivity contribution in [3.8, 4) is 0 Å². The van der Waals surface area contributed by atoms with Crippen LogP contribution in [0, 0.1) is 11.8 Å². The third-order valence-electron chi connectivity index (χ3n) is 3.16. The molecule has 1 rings (SSSR count). The largest absolute Gasteiger partial charge is 0.481 e. The maximum atomic E-state index is 11.1. The molecule has 2 N–H and O–H groups in total. The number of piperidine rings is 1. The van der Waals surface area contributed by atoms with E-state index in [1.807, 2.05) is 18.7 Å². The van der Waals surface area contributed by atoms with Gasteiger partial charge >= 0.3 is 11.9 Å². The molecule has 0 aliphatic carbocycles. The molecule has 1 saturated heterocycles. The minimum absolute atomic E-state index is 0.0406. The highest BCUT2D eigenvalue weighted by atomic mass is 16.4. The molecule has 0 aromatic heterocycles. The molecule has 1 atom stereocenters. The van der Waals surface area contributed by atoms with Crippen molar-refractivity contribution in [3.63, 3.8) is 0 Å². The van der Waals surface area contributed by atoms with E-state index in [-0.39, 0.29) is 11.8 Å². The first-order chi connectivity index (χ1) is 7.43. The lowest BCUT2D eigenvalue weighted by atomic mass is 9.93.